The molecule has 0 aromatic heterocycles. The van der Waals surface area contributed by atoms with Crippen molar-refractivity contribution in [2.24, 2.45) is 0 Å². The summed E-state index contributed by atoms with van der Waals surface area (Å²) in [5.41, 5.74) is 7.23. The smallest absolute Gasteiger partial charge is 0.117 e. The van der Waals surface area contributed by atoms with Crippen molar-refractivity contribution in [1.82, 2.24) is 0 Å². The molecular formula is C9H12N2O. The van der Waals surface area contributed by atoms with Crippen LogP contribution in [-0.4, -0.2) is 11.1 Å². The number of aromatic hydroxyl groups is 1. The third kappa shape index (κ3) is 1.44. The molecule has 3 nitrogen and oxygen atoms in total. The van der Waals surface area contributed by atoms with Gasteiger partial charge in [-0.05, 0) is 25.0 Å². The Kier molecular flexibility index (Phi) is 1.57. The maximum atomic E-state index is 9.18. The fraction of sp³-hybridized carbons (Fsp3) is 0.333. The zero-order chi connectivity index (χ0) is 8.55. The Bertz CT molecular complexity index is 295. The van der Waals surface area contributed by atoms with Crippen LogP contribution in [0.3, 0.4) is 0 Å². The molecule has 1 aromatic carbocycles. The van der Waals surface area contributed by atoms with E-state index >= 15 is 0 Å². The molecule has 3 heteroatoms. The number of phenols is 1. The van der Waals surface area contributed by atoms with Gasteiger partial charge in [0, 0.05) is 12.1 Å². The number of phenolic OH excluding ortho intramolecular Hbond substituents is 1. The molecule has 2 rings (SSSR count). The van der Waals surface area contributed by atoms with Gasteiger partial charge in [-0.25, -0.2) is 0 Å². The van der Waals surface area contributed by atoms with Crippen LogP contribution in [0.15, 0.2) is 18.2 Å². The van der Waals surface area contributed by atoms with Gasteiger partial charge in [0.25, 0.3) is 0 Å². The standard InChI is InChI=1S/C9H12N2O/c10-8-4-3-7(12)5-9(8)11-6-1-2-6/h3-6,11-12H,1-2,10H2. The lowest BCUT2D eigenvalue weighted by molar-refractivity contribution is 0.475. The second kappa shape index (κ2) is 2.59. The van der Waals surface area contributed by atoms with Gasteiger partial charge in [-0.15, -0.1) is 0 Å². The summed E-state index contributed by atoms with van der Waals surface area (Å²) in [5, 5.41) is 12.4. The summed E-state index contributed by atoms with van der Waals surface area (Å²) in [6.45, 7) is 0. The Balaban J connectivity index is 2.21. The number of hydrogen-bond donors (Lipinski definition) is 3. The molecular weight excluding hydrogens is 152 g/mol. The van der Waals surface area contributed by atoms with Crippen molar-refractivity contribution < 1.29 is 5.11 Å². The molecule has 1 aliphatic carbocycles. The molecule has 1 saturated carbocycles. The molecule has 1 aliphatic rings. The van der Waals surface area contributed by atoms with Crippen molar-refractivity contribution >= 4 is 11.4 Å². The highest BCUT2D eigenvalue weighted by Gasteiger charge is 2.21. The van der Waals surface area contributed by atoms with E-state index in [9.17, 15) is 5.11 Å². The van der Waals surface area contributed by atoms with Crippen LogP contribution >= 0.6 is 0 Å². The first-order valence-corrected chi connectivity index (χ1v) is 4.11. The largest absolute Gasteiger partial charge is 0.508 e. The van der Waals surface area contributed by atoms with Crippen LogP contribution < -0.4 is 11.1 Å². The highest BCUT2D eigenvalue weighted by molar-refractivity contribution is 5.68. The Morgan fingerprint density at radius 2 is 2.17 bits per heavy atom. The average molecular weight is 164 g/mol. The molecule has 12 heavy (non-hydrogen) atoms. The van der Waals surface area contributed by atoms with E-state index in [1.54, 1.807) is 18.2 Å². The van der Waals surface area contributed by atoms with Crippen molar-refractivity contribution in [3.63, 3.8) is 0 Å². The third-order valence-corrected chi connectivity index (χ3v) is 1.97. The van der Waals surface area contributed by atoms with Gasteiger partial charge in [-0.3, -0.25) is 0 Å². The predicted molar refractivity (Wildman–Crippen MR) is 49.2 cm³/mol. The Morgan fingerprint density at radius 1 is 1.42 bits per heavy atom. The zero-order valence-electron chi connectivity index (χ0n) is 6.75. The van der Waals surface area contributed by atoms with E-state index in [1.807, 2.05) is 0 Å². The predicted octanol–water partition coefficient (Wildman–Crippen LogP) is 1.55. The summed E-state index contributed by atoms with van der Waals surface area (Å²) in [6, 6.07) is 5.52. The number of nitrogen functional groups attached to an aromatic ring is 1. The number of hydrogen-bond acceptors (Lipinski definition) is 3. The van der Waals surface area contributed by atoms with E-state index in [-0.39, 0.29) is 5.75 Å². The first-order chi connectivity index (χ1) is 5.75. The topological polar surface area (TPSA) is 58.3 Å². The van der Waals surface area contributed by atoms with E-state index < -0.39 is 0 Å². The van der Waals surface area contributed by atoms with Crippen molar-refractivity contribution in [3.8, 4) is 5.75 Å². The summed E-state index contributed by atoms with van der Waals surface area (Å²) in [5.74, 6) is 0.257. The van der Waals surface area contributed by atoms with Crippen LogP contribution in [0.5, 0.6) is 5.75 Å². The monoisotopic (exact) mass is 164 g/mol. The number of rotatable bonds is 2. The summed E-state index contributed by atoms with van der Waals surface area (Å²) < 4.78 is 0. The first kappa shape index (κ1) is 7.28. The molecule has 4 N–H and O–H groups in total. The second-order valence-corrected chi connectivity index (χ2v) is 3.19. The maximum Gasteiger partial charge on any atom is 0.117 e. The lowest BCUT2D eigenvalue weighted by Crippen LogP contribution is -2.03. The fourth-order valence-corrected chi connectivity index (χ4v) is 1.12. The lowest BCUT2D eigenvalue weighted by Gasteiger charge is -2.07. The number of benzene rings is 1. The van der Waals surface area contributed by atoms with Crippen molar-refractivity contribution in [1.29, 1.82) is 0 Å². The Labute approximate surface area is 71.2 Å². The minimum Gasteiger partial charge on any atom is -0.508 e. The van der Waals surface area contributed by atoms with Crippen molar-refractivity contribution in [2.75, 3.05) is 11.1 Å². The second-order valence-electron chi connectivity index (χ2n) is 3.19. The van der Waals surface area contributed by atoms with Crippen LogP contribution in [-0.2, 0) is 0 Å². The molecule has 0 heterocycles. The lowest BCUT2D eigenvalue weighted by atomic mass is 10.2. The van der Waals surface area contributed by atoms with E-state index in [4.69, 9.17) is 5.73 Å². The van der Waals surface area contributed by atoms with Crippen molar-refractivity contribution in [3.05, 3.63) is 18.2 Å². The van der Waals surface area contributed by atoms with E-state index in [1.165, 1.54) is 12.8 Å². The molecule has 0 saturated heterocycles. The summed E-state index contributed by atoms with van der Waals surface area (Å²) in [7, 11) is 0. The summed E-state index contributed by atoms with van der Waals surface area (Å²) in [4.78, 5) is 0. The van der Waals surface area contributed by atoms with Crippen molar-refractivity contribution in [2.45, 2.75) is 18.9 Å². The molecule has 64 valence electrons. The molecule has 1 aromatic rings. The minimum absolute atomic E-state index is 0.257. The van der Waals surface area contributed by atoms with Gasteiger partial charge in [0.2, 0.25) is 0 Å². The van der Waals surface area contributed by atoms with Gasteiger partial charge in [0.15, 0.2) is 0 Å². The fourth-order valence-electron chi connectivity index (χ4n) is 1.12. The molecule has 0 atom stereocenters. The molecule has 0 bridgehead atoms. The SMILES string of the molecule is Nc1ccc(O)cc1NC1CC1. The first-order valence-electron chi connectivity index (χ1n) is 4.11. The van der Waals surface area contributed by atoms with Crippen LogP contribution in [0.1, 0.15) is 12.8 Å². The van der Waals surface area contributed by atoms with E-state index in [2.05, 4.69) is 5.32 Å². The van der Waals surface area contributed by atoms with Crippen LogP contribution in [0.4, 0.5) is 11.4 Å². The Morgan fingerprint density at radius 3 is 2.83 bits per heavy atom. The van der Waals surface area contributed by atoms with Gasteiger partial charge in [0.05, 0.1) is 11.4 Å². The van der Waals surface area contributed by atoms with Gasteiger partial charge < -0.3 is 16.2 Å². The molecule has 0 spiro atoms. The van der Waals surface area contributed by atoms with E-state index in [0.717, 1.165) is 5.69 Å². The van der Waals surface area contributed by atoms with Gasteiger partial charge >= 0.3 is 0 Å². The normalized spacial score (nSPS) is 16.0. The number of nitrogens with one attached hydrogen (secondary N) is 1. The van der Waals surface area contributed by atoms with Crippen LogP contribution in [0.2, 0.25) is 0 Å². The van der Waals surface area contributed by atoms with Gasteiger partial charge in [0.1, 0.15) is 5.75 Å². The Hall–Kier alpha value is -1.38. The van der Waals surface area contributed by atoms with Crippen LogP contribution in [0.25, 0.3) is 0 Å². The average Bonchev–Trinajstić information content (AvgIpc) is 2.81. The van der Waals surface area contributed by atoms with Crippen LogP contribution in [0, 0.1) is 0 Å². The number of nitrogens with two attached hydrogens (primary N) is 1. The summed E-state index contributed by atoms with van der Waals surface area (Å²) >= 11 is 0. The van der Waals surface area contributed by atoms with E-state index in [0.29, 0.717) is 11.7 Å². The maximum absolute atomic E-state index is 9.18. The molecule has 0 radical (unpaired) electrons. The molecule has 0 amide bonds. The zero-order valence-corrected chi connectivity index (χ0v) is 6.75. The third-order valence-electron chi connectivity index (χ3n) is 1.97. The summed E-state index contributed by atoms with van der Waals surface area (Å²) in [6.07, 6.45) is 2.41. The highest BCUT2D eigenvalue weighted by Crippen LogP contribution is 2.30. The molecule has 0 unspecified atom stereocenters. The van der Waals surface area contributed by atoms with Gasteiger partial charge in [-0.2, -0.15) is 0 Å². The quantitative estimate of drug-likeness (QED) is 0.459. The van der Waals surface area contributed by atoms with Gasteiger partial charge in [-0.1, -0.05) is 0 Å². The molecule has 0 aliphatic heterocycles. The minimum atomic E-state index is 0.257. The highest BCUT2D eigenvalue weighted by atomic mass is 16.3. The molecule has 1 fully saturated rings. The number of anilines is 2.